The van der Waals surface area contributed by atoms with Gasteiger partial charge < -0.3 is 15.5 Å². The number of amides is 3. The van der Waals surface area contributed by atoms with Crippen LogP contribution in [0.15, 0.2) is 24.3 Å². The lowest BCUT2D eigenvalue weighted by atomic mass is 9.96. The second-order valence-corrected chi connectivity index (χ2v) is 6.16. The molecule has 2 aliphatic heterocycles. The van der Waals surface area contributed by atoms with Crippen LogP contribution in [-0.2, 0) is 20.8 Å². The molecule has 0 atom stereocenters. The predicted octanol–water partition coefficient (Wildman–Crippen LogP) is 0.690. The number of likely N-dealkylation sites (tertiary alicyclic amines) is 1. The average Bonchev–Trinajstić information content (AvgIpc) is 2.60. The summed E-state index contributed by atoms with van der Waals surface area (Å²) in [6, 6.07) is 7.72. The number of benzene rings is 1. The van der Waals surface area contributed by atoms with Gasteiger partial charge in [-0.25, -0.2) is 0 Å². The van der Waals surface area contributed by atoms with E-state index in [0.717, 1.165) is 24.1 Å². The molecule has 1 aromatic carbocycles. The minimum absolute atomic E-state index is 0.190. The summed E-state index contributed by atoms with van der Waals surface area (Å²) in [5, 5.41) is 0. The van der Waals surface area contributed by atoms with E-state index in [1.165, 1.54) is 0 Å². The monoisotopic (exact) mass is 315 g/mol. The standard InChI is InChI=1S/C17H21N3O3/c18-15(21)13-7-10-19(11-8-13)16(22)17(23)20-9-3-5-12-4-1-2-6-14(12)20/h1-2,4,6,13H,3,5,7-11H2,(H2,18,21). The third kappa shape index (κ3) is 3.06. The van der Waals surface area contributed by atoms with Crippen molar-refractivity contribution in [1.82, 2.24) is 4.90 Å². The lowest BCUT2D eigenvalue weighted by Gasteiger charge is -2.33. The normalized spacial score (nSPS) is 18.4. The van der Waals surface area contributed by atoms with E-state index in [-0.39, 0.29) is 11.8 Å². The molecule has 1 aromatic rings. The summed E-state index contributed by atoms with van der Waals surface area (Å²) in [4.78, 5) is 39.4. The number of aryl methyl sites for hydroxylation is 1. The molecular formula is C17H21N3O3. The quantitative estimate of drug-likeness (QED) is 0.774. The summed E-state index contributed by atoms with van der Waals surface area (Å²) in [6.45, 7) is 1.39. The highest BCUT2D eigenvalue weighted by Crippen LogP contribution is 2.27. The third-order valence-electron chi connectivity index (χ3n) is 4.72. The molecule has 2 N–H and O–H groups in total. The van der Waals surface area contributed by atoms with Crippen molar-refractivity contribution in [1.29, 1.82) is 0 Å². The van der Waals surface area contributed by atoms with Crippen molar-refractivity contribution in [2.45, 2.75) is 25.7 Å². The minimum Gasteiger partial charge on any atom is -0.369 e. The third-order valence-corrected chi connectivity index (χ3v) is 4.72. The number of piperidine rings is 1. The summed E-state index contributed by atoms with van der Waals surface area (Å²) in [5.74, 6) is -1.47. The second kappa shape index (κ2) is 6.40. The fourth-order valence-corrected chi connectivity index (χ4v) is 3.36. The molecule has 0 saturated carbocycles. The zero-order chi connectivity index (χ0) is 16.4. The Morgan fingerprint density at radius 3 is 2.39 bits per heavy atom. The molecule has 0 bridgehead atoms. The number of carbonyl (C=O) groups excluding carboxylic acids is 3. The van der Waals surface area contributed by atoms with Gasteiger partial charge in [-0.15, -0.1) is 0 Å². The van der Waals surface area contributed by atoms with Crippen LogP contribution in [0.5, 0.6) is 0 Å². The van der Waals surface area contributed by atoms with Crippen molar-refractivity contribution in [3.05, 3.63) is 29.8 Å². The number of nitrogens with two attached hydrogens (primary N) is 1. The number of primary amides is 1. The highest BCUT2D eigenvalue weighted by molar-refractivity contribution is 6.40. The predicted molar refractivity (Wildman–Crippen MR) is 85.6 cm³/mol. The Kier molecular flexibility index (Phi) is 4.32. The molecule has 3 rings (SSSR count). The summed E-state index contributed by atoms with van der Waals surface area (Å²) in [7, 11) is 0. The minimum atomic E-state index is -0.482. The number of hydrogen-bond acceptors (Lipinski definition) is 3. The fourth-order valence-electron chi connectivity index (χ4n) is 3.36. The van der Waals surface area contributed by atoms with Crippen molar-refractivity contribution in [2.75, 3.05) is 24.5 Å². The lowest BCUT2D eigenvalue weighted by Crippen LogP contribution is -2.50. The van der Waals surface area contributed by atoms with Crippen LogP contribution >= 0.6 is 0 Å². The van der Waals surface area contributed by atoms with Crippen molar-refractivity contribution in [3.8, 4) is 0 Å². The Hall–Kier alpha value is -2.37. The SMILES string of the molecule is NC(=O)C1CCN(C(=O)C(=O)N2CCCc3ccccc32)CC1. The highest BCUT2D eigenvalue weighted by atomic mass is 16.2. The van der Waals surface area contributed by atoms with Gasteiger partial charge in [0, 0.05) is 31.2 Å². The van der Waals surface area contributed by atoms with Crippen LogP contribution in [0.2, 0.25) is 0 Å². The van der Waals surface area contributed by atoms with Gasteiger partial charge in [-0.1, -0.05) is 18.2 Å². The molecule has 0 aliphatic carbocycles. The fraction of sp³-hybridized carbons (Fsp3) is 0.471. The Morgan fingerprint density at radius 2 is 1.70 bits per heavy atom. The maximum absolute atomic E-state index is 12.6. The topological polar surface area (TPSA) is 83.7 Å². The lowest BCUT2D eigenvalue weighted by molar-refractivity contribution is -0.145. The Labute approximate surface area is 135 Å². The van der Waals surface area contributed by atoms with Gasteiger partial charge in [0.15, 0.2) is 0 Å². The zero-order valence-electron chi connectivity index (χ0n) is 13.0. The Morgan fingerprint density at radius 1 is 1.00 bits per heavy atom. The van der Waals surface area contributed by atoms with Gasteiger partial charge in [0.1, 0.15) is 0 Å². The zero-order valence-corrected chi connectivity index (χ0v) is 13.0. The molecule has 3 amide bonds. The van der Waals surface area contributed by atoms with Crippen LogP contribution in [0, 0.1) is 5.92 Å². The van der Waals surface area contributed by atoms with Crippen molar-refractivity contribution >= 4 is 23.4 Å². The van der Waals surface area contributed by atoms with Crippen molar-refractivity contribution < 1.29 is 14.4 Å². The molecule has 6 heteroatoms. The number of rotatable bonds is 1. The van der Waals surface area contributed by atoms with Crippen molar-refractivity contribution in [2.24, 2.45) is 11.7 Å². The largest absolute Gasteiger partial charge is 0.369 e. The molecule has 0 spiro atoms. The molecule has 122 valence electrons. The number of nitrogens with zero attached hydrogens (tertiary/aromatic N) is 2. The summed E-state index contributed by atoms with van der Waals surface area (Å²) in [5.41, 5.74) is 7.24. The number of para-hydroxylation sites is 1. The molecule has 2 aliphatic rings. The highest BCUT2D eigenvalue weighted by Gasteiger charge is 2.33. The number of carbonyl (C=O) groups is 3. The number of fused-ring (bicyclic) bond motifs is 1. The van der Waals surface area contributed by atoms with Crippen LogP contribution < -0.4 is 10.6 Å². The van der Waals surface area contributed by atoms with E-state index in [2.05, 4.69) is 0 Å². The van der Waals surface area contributed by atoms with Crippen LogP contribution in [0.25, 0.3) is 0 Å². The molecule has 2 heterocycles. The van der Waals surface area contributed by atoms with Gasteiger partial charge in [-0.05, 0) is 37.3 Å². The van der Waals surface area contributed by atoms with Crippen LogP contribution in [-0.4, -0.2) is 42.3 Å². The molecule has 0 unspecified atom stereocenters. The maximum atomic E-state index is 12.6. The Bertz CT molecular complexity index is 636. The first-order chi connectivity index (χ1) is 11.1. The van der Waals surface area contributed by atoms with Gasteiger partial charge in [-0.2, -0.15) is 0 Å². The molecule has 0 radical (unpaired) electrons. The van der Waals surface area contributed by atoms with Gasteiger partial charge >= 0.3 is 11.8 Å². The van der Waals surface area contributed by atoms with E-state index in [1.807, 2.05) is 24.3 Å². The second-order valence-electron chi connectivity index (χ2n) is 6.16. The van der Waals surface area contributed by atoms with E-state index < -0.39 is 11.8 Å². The number of hydrogen-bond donors (Lipinski definition) is 1. The van der Waals surface area contributed by atoms with Gasteiger partial charge in [0.2, 0.25) is 5.91 Å². The first kappa shape index (κ1) is 15.5. The van der Waals surface area contributed by atoms with Crippen LogP contribution in [0.3, 0.4) is 0 Å². The van der Waals surface area contributed by atoms with E-state index in [4.69, 9.17) is 5.73 Å². The van der Waals surface area contributed by atoms with E-state index in [1.54, 1.807) is 9.80 Å². The van der Waals surface area contributed by atoms with Crippen molar-refractivity contribution in [3.63, 3.8) is 0 Å². The summed E-state index contributed by atoms with van der Waals surface area (Å²) < 4.78 is 0. The summed E-state index contributed by atoms with van der Waals surface area (Å²) >= 11 is 0. The maximum Gasteiger partial charge on any atom is 0.316 e. The van der Waals surface area contributed by atoms with E-state index in [9.17, 15) is 14.4 Å². The van der Waals surface area contributed by atoms with Gasteiger partial charge in [-0.3, -0.25) is 14.4 Å². The van der Waals surface area contributed by atoms with E-state index >= 15 is 0 Å². The molecule has 23 heavy (non-hydrogen) atoms. The molecule has 1 fully saturated rings. The first-order valence-electron chi connectivity index (χ1n) is 8.06. The van der Waals surface area contributed by atoms with Crippen LogP contribution in [0.1, 0.15) is 24.8 Å². The number of anilines is 1. The molecular weight excluding hydrogens is 294 g/mol. The molecule has 6 nitrogen and oxygen atoms in total. The summed E-state index contributed by atoms with van der Waals surface area (Å²) in [6.07, 6.45) is 2.85. The first-order valence-corrected chi connectivity index (χ1v) is 8.06. The molecule has 0 aromatic heterocycles. The Balaban J connectivity index is 1.70. The van der Waals surface area contributed by atoms with Gasteiger partial charge in [0.25, 0.3) is 0 Å². The average molecular weight is 315 g/mol. The smallest absolute Gasteiger partial charge is 0.316 e. The van der Waals surface area contributed by atoms with E-state index in [0.29, 0.717) is 32.5 Å². The van der Waals surface area contributed by atoms with Crippen LogP contribution in [0.4, 0.5) is 5.69 Å². The molecule has 1 saturated heterocycles. The van der Waals surface area contributed by atoms with Gasteiger partial charge in [0.05, 0.1) is 0 Å².